The van der Waals surface area contributed by atoms with Crippen molar-refractivity contribution in [3.8, 4) is 0 Å². The predicted octanol–water partition coefficient (Wildman–Crippen LogP) is 1.63. The minimum Gasteiger partial charge on any atom is -0.374 e. The van der Waals surface area contributed by atoms with Gasteiger partial charge < -0.3 is 9.72 Å². The van der Waals surface area contributed by atoms with Gasteiger partial charge in [-0.05, 0) is 22.4 Å². The maximum atomic E-state index is 11.2. The number of ether oxygens (including phenoxy) is 1. The average molecular weight is 247 g/mol. The van der Waals surface area contributed by atoms with Gasteiger partial charge in [0.05, 0.1) is 0 Å². The summed E-state index contributed by atoms with van der Waals surface area (Å²) in [6.45, 7) is 1.97. The molecule has 0 aromatic carbocycles. The average Bonchev–Trinajstić information content (AvgIpc) is 2.13. The SMILES string of the molecule is CCC(OC)c1ncc(Br)c(=O)[nH]1. The third-order valence-electron chi connectivity index (χ3n) is 1.74. The summed E-state index contributed by atoms with van der Waals surface area (Å²) in [7, 11) is 1.59. The van der Waals surface area contributed by atoms with E-state index in [1.807, 2.05) is 6.92 Å². The molecule has 0 bridgehead atoms. The molecule has 0 saturated heterocycles. The molecule has 0 amide bonds. The Hall–Kier alpha value is -0.680. The van der Waals surface area contributed by atoms with Crippen molar-refractivity contribution in [3.05, 3.63) is 26.8 Å². The summed E-state index contributed by atoms with van der Waals surface area (Å²) >= 11 is 3.08. The first kappa shape index (κ1) is 10.4. The maximum absolute atomic E-state index is 11.2. The van der Waals surface area contributed by atoms with Gasteiger partial charge in [0.1, 0.15) is 16.4 Å². The van der Waals surface area contributed by atoms with Crippen molar-refractivity contribution in [2.24, 2.45) is 0 Å². The fourth-order valence-electron chi connectivity index (χ4n) is 1.03. The number of nitrogens with zero attached hydrogens (tertiary/aromatic N) is 1. The molecule has 0 aliphatic heterocycles. The van der Waals surface area contributed by atoms with Crippen molar-refractivity contribution in [2.45, 2.75) is 19.4 Å². The van der Waals surface area contributed by atoms with E-state index in [9.17, 15) is 4.79 Å². The van der Waals surface area contributed by atoms with Crippen LogP contribution >= 0.6 is 15.9 Å². The fraction of sp³-hybridized carbons (Fsp3) is 0.500. The zero-order chi connectivity index (χ0) is 9.84. The van der Waals surface area contributed by atoms with Crippen molar-refractivity contribution in [1.29, 1.82) is 0 Å². The molecule has 0 spiro atoms. The Bertz CT molecular complexity index is 333. The lowest BCUT2D eigenvalue weighted by molar-refractivity contribution is 0.0923. The molecule has 0 fully saturated rings. The first-order valence-electron chi connectivity index (χ1n) is 3.96. The van der Waals surface area contributed by atoms with E-state index in [0.717, 1.165) is 6.42 Å². The molecule has 1 atom stereocenters. The van der Waals surface area contributed by atoms with Crippen molar-refractivity contribution in [1.82, 2.24) is 9.97 Å². The Labute approximate surface area is 84.5 Å². The number of aromatic nitrogens is 2. The van der Waals surface area contributed by atoms with Gasteiger partial charge in [0, 0.05) is 13.3 Å². The van der Waals surface area contributed by atoms with Gasteiger partial charge in [-0.1, -0.05) is 6.92 Å². The van der Waals surface area contributed by atoms with Gasteiger partial charge in [-0.25, -0.2) is 4.98 Å². The molecular formula is C8H11BrN2O2. The van der Waals surface area contributed by atoms with E-state index < -0.39 is 0 Å². The molecule has 1 N–H and O–H groups in total. The Kier molecular flexibility index (Phi) is 3.62. The second kappa shape index (κ2) is 4.53. The molecule has 0 radical (unpaired) electrons. The van der Waals surface area contributed by atoms with Crippen LogP contribution in [0, 0.1) is 0 Å². The summed E-state index contributed by atoms with van der Waals surface area (Å²) in [5.41, 5.74) is -0.180. The van der Waals surface area contributed by atoms with E-state index in [0.29, 0.717) is 10.3 Å². The van der Waals surface area contributed by atoms with E-state index in [4.69, 9.17) is 4.74 Å². The highest BCUT2D eigenvalue weighted by Crippen LogP contribution is 2.14. The highest BCUT2D eigenvalue weighted by atomic mass is 79.9. The van der Waals surface area contributed by atoms with Crippen LogP contribution in [0.3, 0.4) is 0 Å². The minimum atomic E-state index is -0.180. The third kappa shape index (κ3) is 2.38. The normalized spacial score (nSPS) is 12.8. The molecule has 1 rings (SSSR count). The van der Waals surface area contributed by atoms with Gasteiger partial charge in [-0.2, -0.15) is 0 Å². The Morgan fingerprint density at radius 3 is 2.92 bits per heavy atom. The fourth-order valence-corrected chi connectivity index (χ4v) is 1.23. The molecule has 1 heterocycles. The van der Waals surface area contributed by atoms with Crippen molar-refractivity contribution >= 4 is 15.9 Å². The quantitative estimate of drug-likeness (QED) is 0.883. The van der Waals surface area contributed by atoms with Crippen LogP contribution in [0.15, 0.2) is 15.5 Å². The lowest BCUT2D eigenvalue weighted by Crippen LogP contribution is -2.15. The molecular weight excluding hydrogens is 236 g/mol. The smallest absolute Gasteiger partial charge is 0.265 e. The van der Waals surface area contributed by atoms with Gasteiger partial charge in [0.15, 0.2) is 0 Å². The Morgan fingerprint density at radius 1 is 1.77 bits per heavy atom. The van der Waals surface area contributed by atoms with Gasteiger partial charge in [-0.15, -0.1) is 0 Å². The molecule has 0 saturated carbocycles. The van der Waals surface area contributed by atoms with Crippen molar-refractivity contribution < 1.29 is 4.74 Å². The molecule has 13 heavy (non-hydrogen) atoms. The van der Waals surface area contributed by atoms with Crippen molar-refractivity contribution in [3.63, 3.8) is 0 Å². The van der Waals surface area contributed by atoms with E-state index in [2.05, 4.69) is 25.9 Å². The van der Waals surface area contributed by atoms with Gasteiger partial charge in [0.25, 0.3) is 5.56 Å². The molecule has 5 heteroatoms. The van der Waals surface area contributed by atoms with Gasteiger partial charge in [0.2, 0.25) is 0 Å². The summed E-state index contributed by atoms with van der Waals surface area (Å²) in [6, 6.07) is 0. The van der Waals surface area contributed by atoms with Gasteiger partial charge >= 0.3 is 0 Å². The van der Waals surface area contributed by atoms with Crippen molar-refractivity contribution in [2.75, 3.05) is 7.11 Å². The summed E-state index contributed by atoms with van der Waals surface area (Å²) in [5, 5.41) is 0. The highest BCUT2D eigenvalue weighted by molar-refractivity contribution is 9.10. The predicted molar refractivity (Wildman–Crippen MR) is 52.6 cm³/mol. The Balaban J connectivity index is 3.02. The third-order valence-corrected chi connectivity index (χ3v) is 2.30. The lowest BCUT2D eigenvalue weighted by Gasteiger charge is -2.10. The number of halogens is 1. The number of nitrogens with one attached hydrogen (secondary N) is 1. The van der Waals surface area contributed by atoms with E-state index in [1.165, 1.54) is 6.20 Å². The first-order valence-corrected chi connectivity index (χ1v) is 4.75. The number of hydrogen-bond acceptors (Lipinski definition) is 3. The van der Waals surface area contributed by atoms with E-state index in [-0.39, 0.29) is 11.7 Å². The second-order valence-corrected chi connectivity index (χ2v) is 3.43. The largest absolute Gasteiger partial charge is 0.374 e. The van der Waals surface area contributed by atoms with Crippen LogP contribution in [0.5, 0.6) is 0 Å². The molecule has 1 aromatic rings. The Morgan fingerprint density at radius 2 is 2.46 bits per heavy atom. The molecule has 1 aromatic heterocycles. The van der Waals surface area contributed by atoms with Crippen LogP contribution in [0.4, 0.5) is 0 Å². The zero-order valence-corrected chi connectivity index (χ0v) is 9.09. The summed E-state index contributed by atoms with van der Waals surface area (Å²) < 4.78 is 5.57. The number of hydrogen-bond donors (Lipinski definition) is 1. The zero-order valence-electron chi connectivity index (χ0n) is 7.50. The molecule has 0 aliphatic rings. The summed E-state index contributed by atoms with van der Waals surface area (Å²) in [5.74, 6) is 0.568. The first-order chi connectivity index (χ1) is 6.19. The topological polar surface area (TPSA) is 55.0 Å². The molecule has 72 valence electrons. The van der Waals surface area contributed by atoms with Gasteiger partial charge in [-0.3, -0.25) is 4.79 Å². The maximum Gasteiger partial charge on any atom is 0.265 e. The summed E-state index contributed by atoms with van der Waals surface area (Å²) in [6.07, 6.45) is 2.12. The van der Waals surface area contributed by atoms with Crippen LogP contribution in [0.2, 0.25) is 0 Å². The number of rotatable bonds is 3. The van der Waals surface area contributed by atoms with Crippen LogP contribution < -0.4 is 5.56 Å². The van der Waals surface area contributed by atoms with E-state index >= 15 is 0 Å². The highest BCUT2D eigenvalue weighted by Gasteiger charge is 2.10. The van der Waals surface area contributed by atoms with Crippen LogP contribution in [0.1, 0.15) is 25.3 Å². The van der Waals surface area contributed by atoms with Crippen LogP contribution in [-0.4, -0.2) is 17.1 Å². The number of H-pyrrole nitrogens is 1. The molecule has 4 nitrogen and oxygen atoms in total. The molecule has 1 unspecified atom stereocenters. The lowest BCUT2D eigenvalue weighted by atomic mass is 10.2. The standard InChI is InChI=1S/C8H11BrN2O2/c1-3-6(13-2)7-10-4-5(9)8(12)11-7/h4,6H,3H2,1-2H3,(H,10,11,12). The monoisotopic (exact) mass is 246 g/mol. The minimum absolute atomic E-state index is 0.138. The van der Waals surface area contributed by atoms with Crippen LogP contribution in [0.25, 0.3) is 0 Å². The molecule has 0 aliphatic carbocycles. The number of aromatic amines is 1. The second-order valence-electron chi connectivity index (χ2n) is 2.58. The number of methoxy groups -OCH3 is 1. The van der Waals surface area contributed by atoms with E-state index in [1.54, 1.807) is 7.11 Å². The van der Waals surface area contributed by atoms with Crippen LogP contribution in [-0.2, 0) is 4.74 Å². The summed E-state index contributed by atoms with van der Waals surface area (Å²) in [4.78, 5) is 17.9.